The van der Waals surface area contributed by atoms with Crippen LogP contribution in [0, 0.1) is 0 Å². The molecule has 0 saturated heterocycles. The number of nitrogens with zero attached hydrogens (tertiary/aromatic N) is 3. The molecular formula is C18H22N4O2. The van der Waals surface area contributed by atoms with Gasteiger partial charge in [0.1, 0.15) is 11.6 Å². The molecule has 0 aliphatic rings. The van der Waals surface area contributed by atoms with Crippen LogP contribution in [0.15, 0.2) is 41.5 Å². The van der Waals surface area contributed by atoms with Crippen molar-refractivity contribution >= 4 is 10.9 Å². The summed E-state index contributed by atoms with van der Waals surface area (Å²) < 4.78 is 7.52. The van der Waals surface area contributed by atoms with Gasteiger partial charge >= 0.3 is 0 Å². The van der Waals surface area contributed by atoms with E-state index in [1.807, 2.05) is 56.0 Å². The number of fused-ring (bicyclic) bond motifs is 1. The highest BCUT2D eigenvalue weighted by Crippen LogP contribution is 2.19. The quantitative estimate of drug-likeness (QED) is 0.755. The number of nitrogens with one attached hydrogen (secondary N) is 1. The van der Waals surface area contributed by atoms with Gasteiger partial charge in [-0.15, -0.1) is 0 Å². The van der Waals surface area contributed by atoms with Crippen molar-refractivity contribution in [2.24, 2.45) is 7.05 Å². The van der Waals surface area contributed by atoms with Crippen LogP contribution in [0.2, 0.25) is 0 Å². The van der Waals surface area contributed by atoms with E-state index in [0.29, 0.717) is 19.7 Å². The summed E-state index contributed by atoms with van der Waals surface area (Å²) in [6.45, 7) is 3.81. The molecule has 24 heavy (non-hydrogen) atoms. The summed E-state index contributed by atoms with van der Waals surface area (Å²) in [5.74, 6) is 1.78. The Morgan fingerprint density at radius 3 is 2.83 bits per heavy atom. The predicted octanol–water partition coefficient (Wildman–Crippen LogP) is 2.29. The molecule has 3 aromatic rings. The maximum atomic E-state index is 12.3. The zero-order valence-electron chi connectivity index (χ0n) is 14.2. The van der Waals surface area contributed by atoms with Crippen LogP contribution in [0.3, 0.4) is 0 Å². The first-order valence-corrected chi connectivity index (χ1v) is 8.00. The van der Waals surface area contributed by atoms with Crippen molar-refractivity contribution in [1.29, 1.82) is 0 Å². The van der Waals surface area contributed by atoms with Gasteiger partial charge in [-0.3, -0.25) is 9.69 Å². The second-order valence-electron chi connectivity index (χ2n) is 5.93. The van der Waals surface area contributed by atoms with Crippen LogP contribution in [-0.2, 0) is 20.1 Å². The zero-order valence-corrected chi connectivity index (χ0v) is 14.2. The van der Waals surface area contributed by atoms with Gasteiger partial charge in [0.05, 0.1) is 13.2 Å². The molecular weight excluding hydrogens is 304 g/mol. The van der Waals surface area contributed by atoms with Crippen LogP contribution in [-0.4, -0.2) is 33.1 Å². The standard InChI is InChI=1S/C18H22N4O2/c1-4-24-15-5-6-16-13(10-15)9-14(18(23)20-16)11-21(2)12-17-19-7-8-22(17)3/h5-10H,4,11-12H2,1-3H3,(H,20,23). The Bertz CT molecular complexity index is 897. The molecule has 6 heteroatoms. The van der Waals surface area contributed by atoms with Gasteiger partial charge in [0.25, 0.3) is 5.56 Å². The van der Waals surface area contributed by atoms with Crippen LogP contribution >= 0.6 is 0 Å². The number of hydrogen-bond donors (Lipinski definition) is 1. The number of hydrogen-bond acceptors (Lipinski definition) is 4. The third-order valence-electron chi connectivity index (χ3n) is 3.98. The molecule has 0 amide bonds. The third-order valence-corrected chi connectivity index (χ3v) is 3.98. The van der Waals surface area contributed by atoms with Gasteiger partial charge in [-0.2, -0.15) is 0 Å². The number of pyridine rings is 1. The second-order valence-corrected chi connectivity index (χ2v) is 5.93. The normalized spacial score (nSPS) is 11.3. The van der Waals surface area contributed by atoms with E-state index in [4.69, 9.17) is 4.74 Å². The molecule has 0 radical (unpaired) electrons. The van der Waals surface area contributed by atoms with Gasteiger partial charge in [-0.25, -0.2) is 4.98 Å². The van der Waals surface area contributed by atoms with E-state index in [0.717, 1.165) is 28.0 Å². The Morgan fingerprint density at radius 1 is 1.29 bits per heavy atom. The molecule has 0 aliphatic heterocycles. The average Bonchev–Trinajstić information content (AvgIpc) is 2.94. The van der Waals surface area contributed by atoms with E-state index < -0.39 is 0 Å². The van der Waals surface area contributed by atoms with Gasteiger partial charge in [-0.05, 0) is 38.2 Å². The van der Waals surface area contributed by atoms with E-state index >= 15 is 0 Å². The molecule has 2 aromatic heterocycles. The first-order chi connectivity index (χ1) is 11.6. The highest BCUT2D eigenvalue weighted by atomic mass is 16.5. The summed E-state index contributed by atoms with van der Waals surface area (Å²) >= 11 is 0. The topological polar surface area (TPSA) is 63.2 Å². The monoisotopic (exact) mass is 326 g/mol. The number of rotatable bonds is 6. The molecule has 0 spiro atoms. The summed E-state index contributed by atoms with van der Waals surface area (Å²) in [5.41, 5.74) is 1.49. The molecule has 0 atom stereocenters. The molecule has 0 fully saturated rings. The summed E-state index contributed by atoms with van der Waals surface area (Å²) in [5, 5.41) is 0.973. The van der Waals surface area contributed by atoms with Crippen molar-refractivity contribution in [3.8, 4) is 5.75 Å². The van der Waals surface area contributed by atoms with Gasteiger partial charge in [0.15, 0.2) is 0 Å². The van der Waals surface area contributed by atoms with E-state index in [1.165, 1.54) is 0 Å². The molecule has 1 aromatic carbocycles. The van der Waals surface area contributed by atoms with Crippen molar-refractivity contribution in [1.82, 2.24) is 19.4 Å². The Balaban J connectivity index is 1.84. The lowest BCUT2D eigenvalue weighted by Crippen LogP contribution is -2.24. The van der Waals surface area contributed by atoms with Crippen molar-refractivity contribution in [3.05, 3.63) is 58.4 Å². The Labute approximate surface area is 140 Å². The predicted molar refractivity (Wildman–Crippen MR) is 94.1 cm³/mol. The van der Waals surface area contributed by atoms with Crippen LogP contribution in [0.1, 0.15) is 18.3 Å². The van der Waals surface area contributed by atoms with Crippen molar-refractivity contribution in [3.63, 3.8) is 0 Å². The molecule has 0 unspecified atom stereocenters. The smallest absolute Gasteiger partial charge is 0.252 e. The minimum absolute atomic E-state index is 0.0571. The Hall–Kier alpha value is -2.60. The molecule has 0 bridgehead atoms. The lowest BCUT2D eigenvalue weighted by Gasteiger charge is -2.16. The molecule has 1 N–H and O–H groups in total. The van der Waals surface area contributed by atoms with Crippen LogP contribution in [0.4, 0.5) is 0 Å². The second kappa shape index (κ2) is 6.88. The number of ether oxygens (including phenoxy) is 1. The maximum Gasteiger partial charge on any atom is 0.252 e. The first-order valence-electron chi connectivity index (χ1n) is 8.00. The fraction of sp³-hybridized carbons (Fsp3) is 0.333. The molecule has 126 valence electrons. The SMILES string of the molecule is CCOc1ccc2[nH]c(=O)c(CN(C)Cc3nccn3C)cc2c1. The molecule has 2 heterocycles. The van der Waals surface area contributed by atoms with Crippen LogP contribution < -0.4 is 10.3 Å². The molecule has 0 saturated carbocycles. The Kier molecular flexibility index (Phi) is 4.66. The summed E-state index contributed by atoms with van der Waals surface area (Å²) in [7, 11) is 3.95. The third kappa shape index (κ3) is 3.49. The lowest BCUT2D eigenvalue weighted by molar-refractivity contribution is 0.306. The van der Waals surface area contributed by atoms with Gasteiger partial charge < -0.3 is 14.3 Å². The summed E-state index contributed by atoms with van der Waals surface area (Å²) in [4.78, 5) is 21.7. The highest BCUT2D eigenvalue weighted by molar-refractivity contribution is 5.80. The first kappa shape index (κ1) is 16.3. The van der Waals surface area contributed by atoms with E-state index in [2.05, 4.69) is 14.9 Å². The maximum absolute atomic E-state index is 12.3. The number of aryl methyl sites for hydroxylation is 1. The van der Waals surface area contributed by atoms with E-state index in [9.17, 15) is 4.79 Å². The van der Waals surface area contributed by atoms with E-state index in [1.54, 1.807) is 6.20 Å². The van der Waals surface area contributed by atoms with E-state index in [-0.39, 0.29) is 5.56 Å². The number of aromatic amines is 1. The number of H-pyrrole nitrogens is 1. The fourth-order valence-electron chi connectivity index (χ4n) is 2.74. The van der Waals surface area contributed by atoms with Gasteiger partial charge in [-0.1, -0.05) is 0 Å². The molecule has 3 rings (SSSR count). The minimum Gasteiger partial charge on any atom is -0.494 e. The van der Waals surface area contributed by atoms with Crippen molar-refractivity contribution < 1.29 is 4.74 Å². The fourth-order valence-corrected chi connectivity index (χ4v) is 2.74. The summed E-state index contributed by atoms with van der Waals surface area (Å²) in [6.07, 6.45) is 3.70. The summed E-state index contributed by atoms with van der Waals surface area (Å²) in [6, 6.07) is 7.64. The van der Waals surface area contributed by atoms with Crippen molar-refractivity contribution in [2.45, 2.75) is 20.0 Å². The number of aromatic nitrogens is 3. The van der Waals surface area contributed by atoms with Crippen molar-refractivity contribution in [2.75, 3.05) is 13.7 Å². The Morgan fingerprint density at radius 2 is 2.12 bits per heavy atom. The molecule has 0 aliphatic carbocycles. The van der Waals surface area contributed by atoms with Gasteiger partial charge in [0, 0.05) is 42.5 Å². The largest absolute Gasteiger partial charge is 0.494 e. The number of benzene rings is 1. The highest BCUT2D eigenvalue weighted by Gasteiger charge is 2.09. The minimum atomic E-state index is -0.0571. The lowest BCUT2D eigenvalue weighted by atomic mass is 10.1. The molecule has 6 nitrogen and oxygen atoms in total. The zero-order chi connectivity index (χ0) is 17.1. The average molecular weight is 326 g/mol. The van der Waals surface area contributed by atoms with Crippen LogP contribution in [0.25, 0.3) is 10.9 Å². The van der Waals surface area contributed by atoms with Crippen LogP contribution in [0.5, 0.6) is 5.75 Å². The number of imidazole rings is 1. The van der Waals surface area contributed by atoms with Gasteiger partial charge in [0.2, 0.25) is 0 Å².